The molecule has 1 heterocycles. The number of aryl methyl sites for hydroxylation is 1. The summed E-state index contributed by atoms with van der Waals surface area (Å²) in [6, 6.07) is 3.33. The molecular weight excluding hydrogens is 282 g/mol. The van der Waals surface area contributed by atoms with Crippen molar-refractivity contribution in [1.29, 1.82) is 0 Å². The molecule has 0 saturated carbocycles. The van der Waals surface area contributed by atoms with Crippen molar-refractivity contribution < 1.29 is 14.6 Å². The molecule has 7 heteroatoms. The lowest BCUT2D eigenvalue weighted by Gasteiger charge is -2.13. The fraction of sp³-hybridized carbons (Fsp3) is 0.385. The van der Waals surface area contributed by atoms with Gasteiger partial charge in [-0.3, -0.25) is 0 Å². The van der Waals surface area contributed by atoms with Gasteiger partial charge in [-0.25, -0.2) is 9.67 Å². The largest absolute Gasteiger partial charge is 0.493 e. The SMILES string of the molecule is CCn1ncnc1COc1c(Cl)cc(CO)cc1OC. The molecule has 0 atom stereocenters. The maximum Gasteiger partial charge on any atom is 0.180 e. The van der Waals surface area contributed by atoms with Crippen molar-refractivity contribution in [3.05, 3.63) is 34.9 Å². The summed E-state index contributed by atoms with van der Waals surface area (Å²) in [5.74, 6) is 1.61. The average molecular weight is 298 g/mol. The van der Waals surface area contributed by atoms with Gasteiger partial charge in [0.05, 0.1) is 18.7 Å². The smallest absolute Gasteiger partial charge is 0.180 e. The van der Waals surface area contributed by atoms with Gasteiger partial charge >= 0.3 is 0 Å². The number of rotatable bonds is 6. The number of halogens is 1. The van der Waals surface area contributed by atoms with E-state index in [9.17, 15) is 0 Å². The van der Waals surface area contributed by atoms with Gasteiger partial charge in [0.15, 0.2) is 17.3 Å². The van der Waals surface area contributed by atoms with Crippen molar-refractivity contribution >= 4 is 11.6 Å². The Kier molecular flexibility index (Phi) is 4.81. The Morgan fingerprint density at radius 2 is 2.20 bits per heavy atom. The molecule has 0 aliphatic heterocycles. The molecule has 1 aromatic heterocycles. The molecule has 2 rings (SSSR count). The molecule has 0 unspecified atom stereocenters. The van der Waals surface area contributed by atoms with Crippen LogP contribution in [-0.2, 0) is 19.8 Å². The highest BCUT2D eigenvalue weighted by Gasteiger charge is 2.13. The first-order valence-corrected chi connectivity index (χ1v) is 6.54. The third kappa shape index (κ3) is 3.02. The van der Waals surface area contributed by atoms with E-state index in [0.717, 1.165) is 0 Å². The van der Waals surface area contributed by atoms with Gasteiger partial charge in [-0.05, 0) is 24.6 Å². The molecule has 0 spiro atoms. The lowest BCUT2D eigenvalue weighted by atomic mass is 10.2. The number of methoxy groups -OCH3 is 1. The van der Waals surface area contributed by atoms with E-state index >= 15 is 0 Å². The van der Waals surface area contributed by atoms with Crippen LogP contribution in [-0.4, -0.2) is 27.0 Å². The zero-order valence-corrected chi connectivity index (χ0v) is 12.1. The Morgan fingerprint density at radius 3 is 2.85 bits per heavy atom. The van der Waals surface area contributed by atoms with E-state index in [1.807, 2.05) is 6.92 Å². The maximum absolute atomic E-state index is 9.14. The number of ether oxygens (including phenoxy) is 2. The van der Waals surface area contributed by atoms with Crippen LogP contribution in [0.4, 0.5) is 0 Å². The summed E-state index contributed by atoms with van der Waals surface area (Å²) in [5.41, 5.74) is 0.663. The van der Waals surface area contributed by atoms with Gasteiger partial charge in [-0.15, -0.1) is 0 Å². The molecule has 0 aliphatic rings. The highest BCUT2D eigenvalue weighted by molar-refractivity contribution is 6.32. The van der Waals surface area contributed by atoms with Crippen molar-refractivity contribution in [1.82, 2.24) is 14.8 Å². The minimum atomic E-state index is -0.111. The molecule has 0 amide bonds. The average Bonchev–Trinajstić information content (AvgIpc) is 2.92. The van der Waals surface area contributed by atoms with Crippen LogP contribution in [0.3, 0.4) is 0 Å². The van der Waals surface area contributed by atoms with Gasteiger partial charge in [0.25, 0.3) is 0 Å². The van der Waals surface area contributed by atoms with Crippen molar-refractivity contribution in [3.8, 4) is 11.5 Å². The number of aliphatic hydroxyl groups is 1. The molecule has 6 nitrogen and oxygen atoms in total. The molecule has 1 aromatic carbocycles. The predicted octanol–water partition coefficient (Wildman–Crippen LogP) is 2.03. The van der Waals surface area contributed by atoms with Crippen LogP contribution in [0.5, 0.6) is 11.5 Å². The zero-order valence-electron chi connectivity index (χ0n) is 11.3. The molecule has 1 N–H and O–H groups in total. The molecule has 20 heavy (non-hydrogen) atoms. The van der Waals surface area contributed by atoms with Crippen molar-refractivity contribution in [2.45, 2.75) is 26.7 Å². The fourth-order valence-corrected chi connectivity index (χ4v) is 2.09. The first-order valence-electron chi connectivity index (χ1n) is 6.16. The minimum Gasteiger partial charge on any atom is -0.493 e. The van der Waals surface area contributed by atoms with Crippen LogP contribution in [0.2, 0.25) is 5.02 Å². The van der Waals surface area contributed by atoms with Crippen LogP contribution in [0, 0.1) is 0 Å². The molecule has 0 fully saturated rings. The highest BCUT2D eigenvalue weighted by Crippen LogP contribution is 2.36. The number of aliphatic hydroxyl groups excluding tert-OH is 1. The first kappa shape index (κ1) is 14.6. The maximum atomic E-state index is 9.14. The number of hydrogen-bond donors (Lipinski definition) is 1. The molecule has 108 valence electrons. The van der Waals surface area contributed by atoms with E-state index in [1.54, 1.807) is 16.8 Å². The number of aromatic nitrogens is 3. The van der Waals surface area contributed by atoms with Crippen molar-refractivity contribution in [3.63, 3.8) is 0 Å². The molecule has 0 aliphatic carbocycles. The summed E-state index contributed by atoms with van der Waals surface area (Å²) in [6.45, 7) is 2.82. The summed E-state index contributed by atoms with van der Waals surface area (Å²) in [6.07, 6.45) is 1.48. The Labute approximate surface area is 121 Å². The second-order valence-electron chi connectivity index (χ2n) is 4.05. The molecule has 0 radical (unpaired) electrons. The lowest BCUT2D eigenvalue weighted by Crippen LogP contribution is -2.08. The van der Waals surface area contributed by atoms with Crippen molar-refractivity contribution in [2.75, 3.05) is 7.11 Å². The lowest BCUT2D eigenvalue weighted by molar-refractivity contribution is 0.266. The first-order chi connectivity index (χ1) is 9.69. The molecule has 0 bridgehead atoms. The van der Waals surface area contributed by atoms with Gasteiger partial charge in [0.2, 0.25) is 0 Å². The summed E-state index contributed by atoms with van der Waals surface area (Å²) < 4.78 is 12.7. The summed E-state index contributed by atoms with van der Waals surface area (Å²) in [7, 11) is 1.52. The van der Waals surface area contributed by atoms with Crippen LogP contribution in [0.1, 0.15) is 18.3 Å². The van der Waals surface area contributed by atoms with Crippen LogP contribution >= 0.6 is 11.6 Å². The van der Waals surface area contributed by atoms with Crippen LogP contribution in [0.25, 0.3) is 0 Å². The third-order valence-corrected chi connectivity index (χ3v) is 3.09. The highest BCUT2D eigenvalue weighted by atomic mass is 35.5. The van der Waals surface area contributed by atoms with Crippen LogP contribution < -0.4 is 9.47 Å². The Bertz CT molecular complexity index is 586. The Morgan fingerprint density at radius 1 is 1.40 bits per heavy atom. The monoisotopic (exact) mass is 297 g/mol. The van der Waals surface area contributed by atoms with E-state index in [1.165, 1.54) is 13.4 Å². The van der Waals surface area contributed by atoms with Crippen molar-refractivity contribution in [2.24, 2.45) is 0 Å². The van der Waals surface area contributed by atoms with Gasteiger partial charge in [-0.2, -0.15) is 5.10 Å². The van der Waals surface area contributed by atoms with Gasteiger partial charge in [0.1, 0.15) is 12.9 Å². The third-order valence-electron chi connectivity index (χ3n) is 2.81. The van der Waals surface area contributed by atoms with E-state index in [0.29, 0.717) is 34.5 Å². The fourth-order valence-electron chi connectivity index (χ4n) is 1.81. The number of benzene rings is 1. The second-order valence-corrected chi connectivity index (χ2v) is 4.46. The second kappa shape index (κ2) is 6.58. The standard InChI is InChI=1S/C13H16ClN3O3/c1-3-17-12(15-8-16-17)7-20-13-10(14)4-9(6-18)5-11(13)19-2/h4-5,8,18H,3,6-7H2,1-2H3. The number of nitrogens with zero attached hydrogens (tertiary/aromatic N) is 3. The molecule has 0 saturated heterocycles. The van der Waals surface area contributed by atoms with Gasteiger partial charge in [0, 0.05) is 6.54 Å². The van der Waals surface area contributed by atoms with Gasteiger partial charge < -0.3 is 14.6 Å². The normalized spacial score (nSPS) is 10.6. The summed E-state index contributed by atoms with van der Waals surface area (Å²) in [4.78, 5) is 4.12. The van der Waals surface area contributed by atoms with E-state index in [4.69, 9.17) is 26.2 Å². The van der Waals surface area contributed by atoms with Crippen LogP contribution in [0.15, 0.2) is 18.5 Å². The Balaban J connectivity index is 2.21. The van der Waals surface area contributed by atoms with Gasteiger partial charge in [-0.1, -0.05) is 11.6 Å². The van der Waals surface area contributed by atoms with E-state index in [-0.39, 0.29) is 13.2 Å². The number of hydrogen-bond acceptors (Lipinski definition) is 5. The molecular formula is C13H16ClN3O3. The minimum absolute atomic E-state index is 0.111. The summed E-state index contributed by atoms with van der Waals surface area (Å²) >= 11 is 6.15. The zero-order chi connectivity index (χ0) is 14.5. The quantitative estimate of drug-likeness (QED) is 0.883. The topological polar surface area (TPSA) is 69.4 Å². The Hall–Kier alpha value is -1.79. The van der Waals surface area contributed by atoms with E-state index in [2.05, 4.69) is 10.1 Å². The predicted molar refractivity (Wildman–Crippen MR) is 74.0 cm³/mol. The summed E-state index contributed by atoms with van der Waals surface area (Å²) in [5, 5.41) is 13.6. The molecule has 2 aromatic rings. The van der Waals surface area contributed by atoms with E-state index < -0.39 is 0 Å².